The Labute approximate surface area is 160 Å². The zero-order chi connectivity index (χ0) is 18.4. The van der Waals surface area contributed by atoms with Gasteiger partial charge in [-0.25, -0.2) is 13.9 Å². The normalized spacial score (nSPS) is 20.1. The van der Waals surface area contributed by atoms with Gasteiger partial charge in [0, 0.05) is 36.5 Å². The molecular weight excluding hydrogens is 369 g/mol. The first-order valence-corrected chi connectivity index (χ1v) is 9.51. The van der Waals surface area contributed by atoms with Crippen molar-refractivity contribution in [2.24, 2.45) is 0 Å². The highest BCUT2D eigenvalue weighted by atomic mass is 35.5. The molecule has 3 aromatic rings. The van der Waals surface area contributed by atoms with Crippen LogP contribution < -0.4 is 10.1 Å². The third-order valence-corrected chi connectivity index (χ3v) is 5.61. The predicted octanol–water partition coefficient (Wildman–Crippen LogP) is 3.46. The lowest BCUT2D eigenvalue weighted by Crippen LogP contribution is -2.37. The number of halogens is 2. The molecule has 1 N–H and O–H groups in total. The predicted molar refractivity (Wildman–Crippen MR) is 102 cm³/mol. The topological polar surface area (TPSA) is 54.7 Å². The van der Waals surface area contributed by atoms with Crippen molar-refractivity contribution in [1.82, 2.24) is 19.5 Å². The van der Waals surface area contributed by atoms with Crippen LogP contribution >= 0.6 is 11.6 Å². The van der Waals surface area contributed by atoms with E-state index in [2.05, 4.69) is 20.3 Å². The Kier molecular flexibility index (Phi) is 4.13. The number of nitrogens with one attached hydrogen (secondary N) is 1. The fourth-order valence-electron chi connectivity index (χ4n) is 3.90. The summed E-state index contributed by atoms with van der Waals surface area (Å²) in [5.74, 6) is 0.825. The number of rotatable bonds is 0. The zero-order valence-corrected chi connectivity index (χ0v) is 15.4. The smallest absolute Gasteiger partial charge is 0.165 e. The first kappa shape index (κ1) is 16.8. The Balaban J connectivity index is 1.64. The van der Waals surface area contributed by atoms with E-state index in [1.54, 1.807) is 16.8 Å². The molecule has 140 valence electrons. The van der Waals surface area contributed by atoms with Gasteiger partial charge in [-0.1, -0.05) is 11.6 Å². The Hall–Kier alpha value is -2.38. The maximum Gasteiger partial charge on any atom is 0.165 e. The van der Waals surface area contributed by atoms with Crippen molar-refractivity contribution in [3.8, 4) is 16.9 Å². The van der Waals surface area contributed by atoms with Crippen LogP contribution in [0, 0.1) is 5.82 Å². The van der Waals surface area contributed by atoms with Gasteiger partial charge in [0.05, 0.1) is 11.2 Å². The highest BCUT2D eigenvalue weighted by Crippen LogP contribution is 2.35. The van der Waals surface area contributed by atoms with Crippen LogP contribution in [0.5, 0.6) is 5.75 Å². The van der Waals surface area contributed by atoms with Crippen molar-refractivity contribution in [2.45, 2.75) is 18.9 Å². The number of nitrogens with zero attached hydrogens (tertiary/aromatic N) is 4. The molecule has 0 amide bonds. The van der Waals surface area contributed by atoms with Gasteiger partial charge >= 0.3 is 0 Å². The molecule has 1 atom stereocenters. The van der Waals surface area contributed by atoms with E-state index in [0.717, 1.165) is 38.3 Å². The molecule has 6 nitrogen and oxygen atoms in total. The largest absolute Gasteiger partial charge is 0.490 e. The number of hydrogen-bond donors (Lipinski definition) is 1. The number of ether oxygens (including phenoxy) is 1. The summed E-state index contributed by atoms with van der Waals surface area (Å²) in [6.45, 7) is 3.29. The molecule has 0 radical (unpaired) electrons. The minimum absolute atomic E-state index is 0.277. The van der Waals surface area contributed by atoms with E-state index < -0.39 is 5.82 Å². The molecule has 1 aromatic carbocycles. The molecule has 4 bridgehead atoms. The molecule has 8 heteroatoms. The summed E-state index contributed by atoms with van der Waals surface area (Å²) in [7, 11) is 0. The summed E-state index contributed by atoms with van der Waals surface area (Å²) in [5, 5.41) is 7.94. The molecule has 0 aliphatic carbocycles. The molecule has 0 saturated carbocycles. The molecule has 0 unspecified atom stereocenters. The summed E-state index contributed by atoms with van der Waals surface area (Å²) >= 11 is 6.25. The second kappa shape index (κ2) is 6.65. The molecule has 2 aliphatic rings. The number of benzene rings is 1. The SMILES string of the molecule is Fc1cc(Cl)c2cc1-c1cnn3ccc(nc13)NCCN1CCC[C@H]1CO2. The summed E-state index contributed by atoms with van der Waals surface area (Å²) in [6.07, 6.45) is 5.68. The van der Waals surface area contributed by atoms with Gasteiger partial charge in [0.1, 0.15) is 24.0 Å². The van der Waals surface area contributed by atoms with Gasteiger partial charge in [-0.3, -0.25) is 4.90 Å². The quantitative estimate of drug-likeness (QED) is 0.640. The van der Waals surface area contributed by atoms with E-state index in [-0.39, 0.29) is 5.02 Å². The lowest BCUT2D eigenvalue weighted by atomic mass is 10.1. The maximum absolute atomic E-state index is 14.7. The Morgan fingerprint density at radius 2 is 2.19 bits per heavy atom. The van der Waals surface area contributed by atoms with Crippen molar-refractivity contribution in [3.05, 3.63) is 41.4 Å². The van der Waals surface area contributed by atoms with E-state index in [9.17, 15) is 4.39 Å². The van der Waals surface area contributed by atoms with Crippen LogP contribution in [0.15, 0.2) is 30.6 Å². The third-order valence-electron chi connectivity index (χ3n) is 5.32. The molecule has 4 heterocycles. The average molecular weight is 388 g/mol. The second-order valence-electron chi connectivity index (χ2n) is 6.97. The van der Waals surface area contributed by atoms with Crippen LogP contribution in [0.3, 0.4) is 0 Å². The van der Waals surface area contributed by atoms with Crippen molar-refractivity contribution < 1.29 is 9.13 Å². The summed E-state index contributed by atoms with van der Waals surface area (Å²) < 4.78 is 22.3. The van der Waals surface area contributed by atoms with Crippen LogP contribution in [0.4, 0.5) is 10.2 Å². The van der Waals surface area contributed by atoms with Gasteiger partial charge in [0.15, 0.2) is 5.65 Å². The number of fused-ring (bicyclic) bond motifs is 5. The first-order chi connectivity index (χ1) is 13.2. The van der Waals surface area contributed by atoms with Crippen molar-refractivity contribution in [2.75, 3.05) is 31.6 Å². The fourth-order valence-corrected chi connectivity index (χ4v) is 4.10. The van der Waals surface area contributed by atoms with Gasteiger partial charge in [-0.15, -0.1) is 0 Å². The molecule has 2 aliphatic heterocycles. The monoisotopic (exact) mass is 387 g/mol. The van der Waals surface area contributed by atoms with Crippen molar-refractivity contribution in [3.63, 3.8) is 0 Å². The van der Waals surface area contributed by atoms with Gasteiger partial charge in [-0.2, -0.15) is 5.10 Å². The van der Waals surface area contributed by atoms with Crippen LogP contribution in [0.1, 0.15) is 12.8 Å². The summed E-state index contributed by atoms with van der Waals surface area (Å²) in [5.41, 5.74) is 1.58. The molecule has 1 saturated heterocycles. The van der Waals surface area contributed by atoms with Crippen LogP contribution in [0.25, 0.3) is 16.8 Å². The van der Waals surface area contributed by atoms with Crippen LogP contribution in [-0.4, -0.2) is 51.8 Å². The molecule has 27 heavy (non-hydrogen) atoms. The molecule has 1 fully saturated rings. The van der Waals surface area contributed by atoms with Crippen LogP contribution in [-0.2, 0) is 0 Å². The van der Waals surface area contributed by atoms with Crippen LogP contribution in [0.2, 0.25) is 5.02 Å². The van der Waals surface area contributed by atoms with E-state index in [4.69, 9.17) is 16.3 Å². The standard InChI is InChI=1S/C19H19ClFN5O/c20-15-9-16(21)13-8-17(15)27-11-12-2-1-5-25(12)7-4-22-18-3-6-26-19(24-18)14(13)10-23-26/h3,6,8-10,12H,1-2,4-5,7,11H2,(H,22,24)/t12-/m0/s1. The molecular formula is C19H19ClFN5O. The highest BCUT2D eigenvalue weighted by molar-refractivity contribution is 6.32. The molecule has 5 rings (SSSR count). The van der Waals surface area contributed by atoms with Gasteiger partial charge in [0.25, 0.3) is 0 Å². The Bertz CT molecular complexity index is 1010. The molecule has 0 spiro atoms. The third kappa shape index (κ3) is 3.00. The Morgan fingerprint density at radius 3 is 3.11 bits per heavy atom. The van der Waals surface area contributed by atoms with Gasteiger partial charge < -0.3 is 10.1 Å². The lowest BCUT2D eigenvalue weighted by Gasteiger charge is -2.25. The summed E-state index contributed by atoms with van der Waals surface area (Å²) in [4.78, 5) is 7.05. The summed E-state index contributed by atoms with van der Waals surface area (Å²) in [6, 6.07) is 5.17. The van der Waals surface area contributed by atoms with Crippen molar-refractivity contribution in [1.29, 1.82) is 0 Å². The van der Waals surface area contributed by atoms with Gasteiger partial charge in [-0.05, 0) is 37.6 Å². The lowest BCUT2D eigenvalue weighted by molar-refractivity contribution is 0.177. The maximum atomic E-state index is 14.7. The Morgan fingerprint density at radius 1 is 1.26 bits per heavy atom. The number of aromatic nitrogens is 3. The molecule has 2 aromatic heterocycles. The highest BCUT2D eigenvalue weighted by Gasteiger charge is 2.25. The second-order valence-corrected chi connectivity index (χ2v) is 7.38. The van der Waals surface area contributed by atoms with E-state index >= 15 is 0 Å². The minimum Gasteiger partial charge on any atom is -0.490 e. The average Bonchev–Trinajstić information content (AvgIpc) is 3.27. The van der Waals surface area contributed by atoms with Gasteiger partial charge in [0.2, 0.25) is 0 Å². The fraction of sp³-hybridized carbons (Fsp3) is 0.368. The van der Waals surface area contributed by atoms with E-state index in [1.807, 2.05) is 12.3 Å². The first-order valence-electron chi connectivity index (χ1n) is 9.13. The van der Waals surface area contributed by atoms with E-state index in [1.165, 1.54) is 6.07 Å². The van der Waals surface area contributed by atoms with E-state index in [0.29, 0.717) is 35.2 Å². The van der Waals surface area contributed by atoms with Crippen molar-refractivity contribution >= 4 is 23.1 Å². The minimum atomic E-state index is -0.419. The number of anilines is 1. The number of hydrogen-bond acceptors (Lipinski definition) is 5. The zero-order valence-electron chi connectivity index (χ0n) is 14.7.